The van der Waals surface area contributed by atoms with Gasteiger partial charge in [-0.3, -0.25) is 4.90 Å². The molecule has 0 spiro atoms. The summed E-state index contributed by atoms with van der Waals surface area (Å²) in [5.74, 6) is 0. The van der Waals surface area contributed by atoms with E-state index in [1.54, 1.807) is 22.7 Å². The van der Waals surface area contributed by atoms with Gasteiger partial charge >= 0.3 is 0 Å². The molecule has 118 valence electrons. The van der Waals surface area contributed by atoms with E-state index in [1.165, 1.54) is 36.4 Å². The van der Waals surface area contributed by atoms with Crippen molar-refractivity contribution in [3.63, 3.8) is 0 Å². The zero-order valence-electron chi connectivity index (χ0n) is 13.0. The molecule has 1 saturated heterocycles. The van der Waals surface area contributed by atoms with Gasteiger partial charge < -0.3 is 5.32 Å². The molecule has 0 aromatic carbocycles. The highest BCUT2D eigenvalue weighted by Crippen LogP contribution is 2.27. The molecule has 3 nitrogen and oxygen atoms in total. The number of thiazole rings is 1. The summed E-state index contributed by atoms with van der Waals surface area (Å²) in [6.45, 7) is 10.4. The van der Waals surface area contributed by atoms with E-state index in [4.69, 9.17) is 4.98 Å². The van der Waals surface area contributed by atoms with Crippen molar-refractivity contribution in [2.45, 2.75) is 32.4 Å². The SMILES string of the molecule is C=C(C)CN1CCC(NCc2csc(-c3cccs3)n2)CC1. The molecule has 1 N–H and O–H groups in total. The number of thiophene rings is 1. The van der Waals surface area contributed by atoms with Gasteiger partial charge in [0.2, 0.25) is 0 Å². The Labute approximate surface area is 140 Å². The Balaban J connectivity index is 1.45. The van der Waals surface area contributed by atoms with Crippen LogP contribution >= 0.6 is 22.7 Å². The van der Waals surface area contributed by atoms with Crippen molar-refractivity contribution in [3.8, 4) is 9.88 Å². The van der Waals surface area contributed by atoms with Gasteiger partial charge in [-0.25, -0.2) is 4.98 Å². The van der Waals surface area contributed by atoms with Crippen LogP contribution in [0.25, 0.3) is 9.88 Å². The van der Waals surface area contributed by atoms with Gasteiger partial charge in [0.1, 0.15) is 5.01 Å². The summed E-state index contributed by atoms with van der Waals surface area (Å²) in [6.07, 6.45) is 2.43. The van der Waals surface area contributed by atoms with E-state index in [0.29, 0.717) is 6.04 Å². The molecule has 1 fully saturated rings. The van der Waals surface area contributed by atoms with Gasteiger partial charge in [0.05, 0.1) is 10.6 Å². The largest absolute Gasteiger partial charge is 0.308 e. The summed E-state index contributed by atoms with van der Waals surface area (Å²) < 4.78 is 0. The van der Waals surface area contributed by atoms with E-state index >= 15 is 0 Å². The molecule has 0 bridgehead atoms. The van der Waals surface area contributed by atoms with E-state index in [-0.39, 0.29) is 0 Å². The molecule has 2 aromatic rings. The Morgan fingerprint density at radius 1 is 1.41 bits per heavy atom. The Bertz CT molecular complexity index is 595. The maximum absolute atomic E-state index is 4.74. The van der Waals surface area contributed by atoms with Crippen LogP contribution in [0.2, 0.25) is 0 Å². The fourth-order valence-corrected chi connectivity index (χ4v) is 4.46. The van der Waals surface area contributed by atoms with Crippen LogP contribution in [0.15, 0.2) is 35.0 Å². The lowest BCUT2D eigenvalue weighted by Crippen LogP contribution is -2.42. The Kier molecular flexibility index (Phi) is 5.41. The van der Waals surface area contributed by atoms with Crippen molar-refractivity contribution in [1.29, 1.82) is 0 Å². The van der Waals surface area contributed by atoms with Gasteiger partial charge in [-0.1, -0.05) is 18.2 Å². The molecule has 1 aliphatic rings. The van der Waals surface area contributed by atoms with Gasteiger partial charge in [0.25, 0.3) is 0 Å². The first-order chi connectivity index (χ1) is 10.7. The minimum absolute atomic E-state index is 0.619. The topological polar surface area (TPSA) is 28.2 Å². The van der Waals surface area contributed by atoms with Crippen molar-refractivity contribution in [2.75, 3.05) is 19.6 Å². The van der Waals surface area contributed by atoms with E-state index in [0.717, 1.165) is 23.8 Å². The predicted octanol–water partition coefficient (Wildman–Crippen LogP) is 4.00. The summed E-state index contributed by atoms with van der Waals surface area (Å²) in [5.41, 5.74) is 2.42. The van der Waals surface area contributed by atoms with E-state index in [9.17, 15) is 0 Å². The van der Waals surface area contributed by atoms with Gasteiger partial charge in [-0.05, 0) is 44.3 Å². The van der Waals surface area contributed by atoms with Gasteiger partial charge in [0, 0.05) is 24.5 Å². The predicted molar refractivity (Wildman–Crippen MR) is 96.5 cm³/mol. The molecule has 2 aromatic heterocycles. The average Bonchev–Trinajstić information content (AvgIpc) is 3.17. The highest BCUT2D eigenvalue weighted by atomic mass is 32.1. The van der Waals surface area contributed by atoms with Crippen molar-refractivity contribution < 1.29 is 0 Å². The molecule has 0 unspecified atom stereocenters. The second-order valence-electron chi connectivity index (χ2n) is 6.01. The van der Waals surface area contributed by atoms with E-state index < -0.39 is 0 Å². The summed E-state index contributed by atoms with van der Waals surface area (Å²) in [7, 11) is 0. The zero-order chi connectivity index (χ0) is 15.4. The second kappa shape index (κ2) is 7.51. The molecule has 22 heavy (non-hydrogen) atoms. The van der Waals surface area contributed by atoms with Crippen molar-refractivity contribution in [3.05, 3.63) is 40.7 Å². The number of piperidine rings is 1. The molecular weight excluding hydrogens is 310 g/mol. The normalized spacial score (nSPS) is 17.0. The third-order valence-electron chi connectivity index (χ3n) is 3.94. The number of aromatic nitrogens is 1. The van der Waals surface area contributed by atoms with Crippen LogP contribution in [0.4, 0.5) is 0 Å². The van der Waals surface area contributed by atoms with Crippen molar-refractivity contribution in [1.82, 2.24) is 15.2 Å². The average molecular weight is 334 g/mol. The van der Waals surface area contributed by atoms with Gasteiger partial charge in [-0.15, -0.1) is 22.7 Å². The van der Waals surface area contributed by atoms with E-state index in [2.05, 4.69) is 46.6 Å². The molecule has 3 rings (SSSR count). The molecule has 0 atom stereocenters. The third kappa shape index (κ3) is 4.26. The summed E-state index contributed by atoms with van der Waals surface area (Å²) in [6, 6.07) is 4.84. The first kappa shape index (κ1) is 15.9. The van der Waals surface area contributed by atoms with Gasteiger partial charge in [-0.2, -0.15) is 0 Å². The minimum atomic E-state index is 0.619. The molecule has 3 heterocycles. The van der Waals surface area contributed by atoms with Crippen LogP contribution in [-0.4, -0.2) is 35.6 Å². The first-order valence-corrected chi connectivity index (χ1v) is 9.55. The van der Waals surface area contributed by atoms with Crippen LogP contribution in [0.3, 0.4) is 0 Å². The lowest BCUT2D eigenvalue weighted by Gasteiger charge is -2.32. The summed E-state index contributed by atoms with van der Waals surface area (Å²) in [4.78, 5) is 8.50. The molecule has 5 heteroatoms. The van der Waals surface area contributed by atoms with Crippen LogP contribution in [-0.2, 0) is 6.54 Å². The van der Waals surface area contributed by atoms with Gasteiger partial charge in [0.15, 0.2) is 0 Å². The quantitative estimate of drug-likeness (QED) is 0.810. The summed E-state index contributed by atoms with van der Waals surface area (Å²) >= 11 is 3.50. The van der Waals surface area contributed by atoms with Crippen molar-refractivity contribution in [2.24, 2.45) is 0 Å². The molecule has 0 saturated carbocycles. The van der Waals surface area contributed by atoms with Crippen molar-refractivity contribution >= 4 is 22.7 Å². The Hall–Kier alpha value is -1.01. The third-order valence-corrected chi connectivity index (χ3v) is 5.87. The molecule has 0 amide bonds. The lowest BCUT2D eigenvalue weighted by atomic mass is 10.0. The zero-order valence-corrected chi connectivity index (χ0v) is 14.7. The summed E-state index contributed by atoms with van der Waals surface area (Å²) in [5, 5.41) is 9.09. The van der Waals surface area contributed by atoms with Crippen LogP contribution < -0.4 is 5.32 Å². The number of nitrogens with zero attached hydrogens (tertiary/aromatic N) is 2. The highest BCUT2D eigenvalue weighted by molar-refractivity contribution is 7.20. The number of hydrogen-bond acceptors (Lipinski definition) is 5. The fraction of sp³-hybridized carbons (Fsp3) is 0.471. The number of hydrogen-bond donors (Lipinski definition) is 1. The number of likely N-dealkylation sites (tertiary alicyclic amines) is 1. The first-order valence-electron chi connectivity index (χ1n) is 7.79. The molecule has 0 radical (unpaired) electrons. The molecule has 0 aliphatic carbocycles. The number of nitrogens with one attached hydrogen (secondary N) is 1. The number of rotatable bonds is 6. The maximum atomic E-state index is 4.74. The Morgan fingerprint density at radius 3 is 2.91 bits per heavy atom. The van der Waals surface area contributed by atoms with Crippen LogP contribution in [0, 0.1) is 0 Å². The fourth-order valence-electron chi connectivity index (χ4n) is 2.83. The van der Waals surface area contributed by atoms with E-state index in [1.807, 2.05) is 0 Å². The maximum Gasteiger partial charge on any atom is 0.133 e. The minimum Gasteiger partial charge on any atom is -0.308 e. The standard InChI is InChI=1S/C17H23N3S2/c1-13(2)11-20-7-5-14(6-8-20)18-10-15-12-22-17(19-15)16-4-3-9-21-16/h3-4,9,12,14,18H,1,5-8,10-11H2,2H3. The monoisotopic (exact) mass is 333 g/mol. The molecular formula is C17H23N3S2. The Morgan fingerprint density at radius 2 is 2.23 bits per heavy atom. The molecule has 1 aliphatic heterocycles. The smallest absolute Gasteiger partial charge is 0.133 e. The van der Waals surface area contributed by atoms with Crippen LogP contribution in [0.5, 0.6) is 0 Å². The second-order valence-corrected chi connectivity index (χ2v) is 7.82. The van der Waals surface area contributed by atoms with Crippen LogP contribution in [0.1, 0.15) is 25.5 Å². The lowest BCUT2D eigenvalue weighted by molar-refractivity contribution is 0.211. The highest BCUT2D eigenvalue weighted by Gasteiger charge is 2.18.